The van der Waals surface area contributed by atoms with Crippen LogP contribution in [0.4, 0.5) is 11.6 Å². The Hall–Kier alpha value is -1.87. The zero-order valence-corrected chi connectivity index (χ0v) is 16.1. The van der Waals surface area contributed by atoms with E-state index in [4.69, 9.17) is 5.73 Å². The van der Waals surface area contributed by atoms with Gasteiger partial charge in [0.1, 0.15) is 23.3 Å². The molecule has 0 aromatic carbocycles. The molecule has 2 aromatic rings. The van der Waals surface area contributed by atoms with Gasteiger partial charge in [0, 0.05) is 32.1 Å². The molecule has 1 aliphatic rings. The highest BCUT2D eigenvalue weighted by Gasteiger charge is 2.27. The summed E-state index contributed by atoms with van der Waals surface area (Å²) in [7, 11) is 6.14. The maximum Gasteiger partial charge on any atom is 0.191 e. The molecular formula is C16H26N8S. The van der Waals surface area contributed by atoms with Crippen molar-refractivity contribution in [3.63, 3.8) is 0 Å². The van der Waals surface area contributed by atoms with Crippen LogP contribution in [-0.4, -0.2) is 63.1 Å². The van der Waals surface area contributed by atoms with Crippen LogP contribution in [0.2, 0.25) is 0 Å². The van der Waals surface area contributed by atoms with Crippen LogP contribution in [-0.2, 0) is 13.6 Å². The molecule has 3 heterocycles. The second-order valence-corrected chi connectivity index (χ2v) is 7.47. The first-order valence-electron chi connectivity index (χ1n) is 8.44. The van der Waals surface area contributed by atoms with E-state index < -0.39 is 0 Å². The molecule has 0 aliphatic carbocycles. The first-order chi connectivity index (χ1) is 12.0. The van der Waals surface area contributed by atoms with Gasteiger partial charge in [-0.05, 0) is 33.2 Å². The van der Waals surface area contributed by atoms with E-state index >= 15 is 0 Å². The highest BCUT2D eigenvalue weighted by atomic mass is 32.2. The van der Waals surface area contributed by atoms with Crippen LogP contribution in [0.5, 0.6) is 0 Å². The molecule has 136 valence electrons. The topological polar surface area (TPSA) is 89.0 Å². The summed E-state index contributed by atoms with van der Waals surface area (Å²) in [5.74, 6) is 3.80. The minimum absolute atomic E-state index is 0.344. The Kier molecular flexibility index (Phi) is 5.43. The number of hydrogen-bond donors (Lipinski definition) is 1. The van der Waals surface area contributed by atoms with Crippen LogP contribution in [0, 0.1) is 0 Å². The smallest absolute Gasteiger partial charge is 0.191 e. The predicted molar refractivity (Wildman–Crippen MR) is 101 cm³/mol. The first kappa shape index (κ1) is 17.9. The highest BCUT2D eigenvalue weighted by molar-refractivity contribution is 7.98. The number of rotatable bonds is 5. The van der Waals surface area contributed by atoms with E-state index in [0.29, 0.717) is 16.9 Å². The SMILES string of the molecule is CSc1nc(N)cc(N2CCCC(c3nnc(CN(C)C)n3C)C2)n1. The van der Waals surface area contributed by atoms with Crippen molar-refractivity contribution in [2.24, 2.45) is 7.05 Å². The van der Waals surface area contributed by atoms with Gasteiger partial charge in [-0.25, -0.2) is 9.97 Å². The van der Waals surface area contributed by atoms with Gasteiger partial charge >= 0.3 is 0 Å². The molecule has 1 fully saturated rings. The number of aromatic nitrogens is 5. The van der Waals surface area contributed by atoms with Gasteiger partial charge in [-0.15, -0.1) is 10.2 Å². The van der Waals surface area contributed by atoms with Gasteiger partial charge in [0.15, 0.2) is 5.16 Å². The molecule has 3 rings (SSSR count). The number of piperidine rings is 1. The van der Waals surface area contributed by atoms with E-state index in [1.165, 1.54) is 11.8 Å². The Morgan fingerprint density at radius 3 is 2.84 bits per heavy atom. The van der Waals surface area contributed by atoms with E-state index in [9.17, 15) is 0 Å². The first-order valence-corrected chi connectivity index (χ1v) is 9.66. The molecule has 1 saturated heterocycles. The lowest BCUT2D eigenvalue weighted by Gasteiger charge is -2.33. The average Bonchev–Trinajstić information content (AvgIpc) is 2.94. The zero-order valence-electron chi connectivity index (χ0n) is 15.3. The van der Waals surface area contributed by atoms with Crippen molar-refractivity contribution in [1.29, 1.82) is 0 Å². The summed E-state index contributed by atoms with van der Waals surface area (Å²) in [5, 5.41) is 9.56. The Bertz CT molecular complexity index is 729. The van der Waals surface area contributed by atoms with E-state index in [0.717, 1.165) is 49.9 Å². The van der Waals surface area contributed by atoms with Crippen molar-refractivity contribution in [2.45, 2.75) is 30.5 Å². The number of anilines is 2. The molecule has 25 heavy (non-hydrogen) atoms. The Morgan fingerprint density at radius 2 is 2.12 bits per heavy atom. The second kappa shape index (κ2) is 7.57. The molecule has 0 spiro atoms. The maximum atomic E-state index is 5.94. The second-order valence-electron chi connectivity index (χ2n) is 6.69. The fraction of sp³-hybridized carbons (Fsp3) is 0.625. The molecule has 1 aliphatic heterocycles. The van der Waals surface area contributed by atoms with Gasteiger partial charge in [0.05, 0.1) is 6.54 Å². The molecule has 0 radical (unpaired) electrons. The minimum atomic E-state index is 0.344. The highest BCUT2D eigenvalue weighted by Crippen LogP contribution is 2.29. The fourth-order valence-electron chi connectivity index (χ4n) is 3.23. The number of thioether (sulfide) groups is 1. The van der Waals surface area contributed by atoms with E-state index in [1.54, 1.807) is 0 Å². The lowest BCUT2D eigenvalue weighted by molar-refractivity contribution is 0.382. The largest absolute Gasteiger partial charge is 0.383 e. The van der Waals surface area contributed by atoms with Crippen LogP contribution in [0.3, 0.4) is 0 Å². The van der Waals surface area contributed by atoms with Crippen LogP contribution >= 0.6 is 11.8 Å². The fourth-order valence-corrected chi connectivity index (χ4v) is 3.61. The average molecular weight is 363 g/mol. The van der Waals surface area contributed by atoms with Crippen LogP contribution in [0.1, 0.15) is 30.4 Å². The Labute approximate surface area is 152 Å². The molecule has 2 aromatic heterocycles. The van der Waals surface area contributed by atoms with Crippen molar-refractivity contribution in [2.75, 3.05) is 44.1 Å². The van der Waals surface area contributed by atoms with Crippen molar-refractivity contribution in [3.05, 3.63) is 17.7 Å². The van der Waals surface area contributed by atoms with Crippen molar-refractivity contribution in [1.82, 2.24) is 29.6 Å². The Morgan fingerprint density at radius 1 is 1.32 bits per heavy atom. The number of hydrogen-bond acceptors (Lipinski definition) is 8. The summed E-state index contributed by atoms with van der Waals surface area (Å²) in [4.78, 5) is 13.3. The number of nitrogens with two attached hydrogens (primary N) is 1. The van der Waals surface area contributed by atoms with Crippen molar-refractivity contribution >= 4 is 23.4 Å². The lowest BCUT2D eigenvalue weighted by atomic mass is 9.97. The van der Waals surface area contributed by atoms with Gasteiger partial charge in [-0.2, -0.15) is 0 Å². The van der Waals surface area contributed by atoms with Gasteiger partial charge < -0.3 is 20.1 Å². The third-order valence-corrected chi connectivity index (χ3v) is 5.01. The molecule has 0 amide bonds. The lowest BCUT2D eigenvalue weighted by Crippen LogP contribution is -2.36. The summed E-state index contributed by atoms with van der Waals surface area (Å²) in [6.45, 7) is 2.64. The standard InChI is InChI=1S/C16H26N8S/c1-22(2)10-14-20-21-15(23(14)3)11-6-5-7-24(9-11)13-8-12(17)18-16(19-13)25-4/h8,11H,5-7,9-10H2,1-4H3,(H2,17,18,19). The van der Waals surface area contributed by atoms with Gasteiger partial charge in [-0.3, -0.25) is 0 Å². The van der Waals surface area contributed by atoms with Gasteiger partial charge in [0.2, 0.25) is 0 Å². The number of nitrogens with zero attached hydrogens (tertiary/aromatic N) is 7. The van der Waals surface area contributed by atoms with Crippen molar-refractivity contribution in [3.8, 4) is 0 Å². The molecule has 8 nitrogen and oxygen atoms in total. The molecule has 2 N–H and O–H groups in total. The summed E-state index contributed by atoms with van der Waals surface area (Å²) in [6.07, 6.45) is 4.17. The quantitative estimate of drug-likeness (QED) is 0.630. The van der Waals surface area contributed by atoms with E-state index in [-0.39, 0.29) is 0 Å². The molecule has 0 bridgehead atoms. The van der Waals surface area contributed by atoms with E-state index in [1.807, 2.05) is 26.4 Å². The summed E-state index contributed by atoms with van der Waals surface area (Å²) in [5.41, 5.74) is 5.94. The van der Waals surface area contributed by atoms with Gasteiger partial charge in [0.25, 0.3) is 0 Å². The third-order valence-electron chi connectivity index (χ3n) is 4.46. The summed E-state index contributed by atoms with van der Waals surface area (Å²) < 4.78 is 2.13. The normalized spacial score (nSPS) is 18.1. The molecule has 9 heteroatoms. The third kappa shape index (κ3) is 4.04. The van der Waals surface area contributed by atoms with Gasteiger partial charge in [-0.1, -0.05) is 11.8 Å². The van der Waals surface area contributed by atoms with Crippen LogP contribution in [0.15, 0.2) is 11.2 Å². The predicted octanol–water partition coefficient (Wildman–Crippen LogP) is 1.35. The molecule has 1 unspecified atom stereocenters. The van der Waals surface area contributed by atoms with Crippen LogP contribution in [0.25, 0.3) is 0 Å². The molecule has 1 atom stereocenters. The summed E-state index contributed by atoms with van der Waals surface area (Å²) in [6, 6.07) is 1.86. The zero-order chi connectivity index (χ0) is 18.0. The molecular weight excluding hydrogens is 336 g/mol. The summed E-state index contributed by atoms with van der Waals surface area (Å²) >= 11 is 1.51. The number of nitrogen functional groups attached to an aromatic ring is 1. The molecule has 0 saturated carbocycles. The van der Waals surface area contributed by atoms with Crippen molar-refractivity contribution < 1.29 is 0 Å². The maximum absolute atomic E-state index is 5.94. The monoisotopic (exact) mass is 362 g/mol. The Balaban J connectivity index is 1.80. The van der Waals surface area contributed by atoms with E-state index in [2.05, 4.69) is 41.6 Å². The van der Waals surface area contributed by atoms with Crippen LogP contribution < -0.4 is 10.6 Å². The minimum Gasteiger partial charge on any atom is -0.383 e.